The van der Waals surface area contributed by atoms with Gasteiger partial charge in [0.2, 0.25) is 0 Å². The van der Waals surface area contributed by atoms with Gasteiger partial charge in [0.1, 0.15) is 0 Å². The highest BCUT2D eigenvalue weighted by Gasteiger charge is 2.04. The van der Waals surface area contributed by atoms with E-state index in [1.165, 1.54) is 225 Å². The van der Waals surface area contributed by atoms with Crippen LogP contribution in [-0.4, -0.2) is 11.7 Å². The summed E-state index contributed by atoms with van der Waals surface area (Å²) in [5.74, 6) is 1.86. The van der Waals surface area contributed by atoms with E-state index in [0.29, 0.717) is 6.61 Å². The van der Waals surface area contributed by atoms with Crippen LogP contribution in [0.3, 0.4) is 0 Å². The fourth-order valence-electron chi connectivity index (χ4n) is 7.04. The molecule has 0 fully saturated rings. The van der Waals surface area contributed by atoms with Crippen molar-refractivity contribution >= 4 is 0 Å². The molecule has 0 aliphatic heterocycles. The van der Waals surface area contributed by atoms with Crippen molar-refractivity contribution in [3.05, 3.63) is 0 Å². The molecule has 0 aromatic carbocycles. The third-order valence-electron chi connectivity index (χ3n) is 10.3. The molecule has 0 saturated heterocycles. The molecule has 2 atom stereocenters. The lowest BCUT2D eigenvalue weighted by Gasteiger charge is -2.11. The van der Waals surface area contributed by atoms with Crippen molar-refractivity contribution in [3.8, 4) is 0 Å². The molecule has 43 heavy (non-hydrogen) atoms. The number of unbranched alkanes of at least 4 members (excludes halogenated alkanes) is 29. The summed E-state index contributed by atoms with van der Waals surface area (Å²) in [7, 11) is 0. The predicted molar refractivity (Wildman–Crippen MR) is 197 cm³/mol. The molecule has 0 spiro atoms. The Kier molecular flexibility index (Phi) is 38.1. The summed E-state index contributed by atoms with van der Waals surface area (Å²) >= 11 is 0. The lowest BCUT2D eigenvalue weighted by molar-refractivity contribution is 0.281. The van der Waals surface area contributed by atoms with Gasteiger partial charge in [-0.2, -0.15) is 0 Å². The van der Waals surface area contributed by atoms with Gasteiger partial charge < -0.3 is 5.11 Å². The van der Waals surface area contributed by atoms with Gasteiger partial charge in [-0.15, -0.1) is 0 Å². The van der Waals surface area contributed by atoms with Gasteiger partial charge in [-0.05, 0) is 18.3 Å². The summed E-state index contributed by atoms with van der Waals surface area (Å²) in [6.45, 7) is 7.63. The van der Waals surface area contributed by atoms with E-state index >= 15 is 0 Å². The van der Waals surface area contributed by atoms with Crippen LogP contribution in [0.25, 0.3) is 0 Å². The first-order chi connectivity index (χ1) is 21.2. The van der Waals surface area contributed by atoms with Crippen LogP contribution in [0.5, 0.6) is 0 Å². The van der Waals surface area contributed by atoms with Crippen molar-refractivity contribution in [1.82, 2.24) is 0 Å². The Morgan fingerprint density at radius 2 is 0.465 bits per heavy atom. The van der Waals surface area contributed by atoms with E-state index in [-0.39, 0.29) is 0 Å². The SMILES string of the molecule is CCCCCCCCCCCCCCCCCCCC(C)CCCCCCCCCCCCCC(C)CCCCCCO. The molecule has 1 nitrogen and oxygen atoms in total. The molecule has 0 aliphatic rings. The lowest BCUT2D eigenvalue weighted by Crippen LogP contribution is -1.95. The largest absolute Gasteiger partial charge is 0.396 e. The Morgan fingerprint density at radius 1 is 0.279 bits per heavy atom. The summed E-state index contributed by atoms with van der Waals surface area (Å²) in [5, 5.41) is 8.85. The van der Waals surface area contributed by atoms with Crippen molar-refractivity contribution in [3.63, 3.8) is 0 Å². The minimum Gasteiger partial charge on any atom is -0.396 e. The molecule has 0 heterocycles. The van der Waals surface area contributed by atoms with E-state index in [0.717, 1.165) is 18.3 Å². The second kappa shape index (κ2) is 38.1. The predicted octanol–water partition coefficient (Wildman–Crippen LogP) is 15.3. The molecule has 0 rings (SSSR count). The molecule has 0 bridgehead atoms. The Morgan fingerprint density at radius 3 is 0.674 bits per heavy atom. The fraction of sp³-hybridized carbons (Fsp3) is 1.00. The van der Waals surface area contributed by atoms with Crippen molar-refractivity contribution in [1.29, 1.82) is 0 Å². The van der Waals surface area contributed by atoms with Crippen LogP contribution in [0.2, 0.25) is 0 Å². The van der Waals surface area contributed by atoms with E-state index in [2.05, 4.69) is 20.8 Å². The molecule has 1 heteroatoms. The van der Waals surface area contributed by atoms with Gasteiger partial charge in [-0.1, -0.05) is 245 Å². The third-order valence-corrected chi connectivity index (χ3v) is 10.3. The van der Waals surface area contributed by atoms with E-state index in [1.807, 2.05) is 0 Å². The maximum Gasteiger partial charge on any atom is 0.0431 e. The van der Waals surface area contributed by atoms with Gasteiger partial charge in [0.15, 0.2) is 0 Å². The Balaban J connectivity index is 3.19. The molecule has 0 saturated carbocycles. The molecule has 0 aromatic heterocycles. The molecule has 2 unspecified atom stereocenters. The Labute approximate surface area is 274 Å². The van der Waals surface area contributed by atoms with Crippen LogP contribution < -0.4 is 0 Å². The average Bonchev–Trinajstić information content (AvgIpc) is 3.00. The van der Waals surface area contributed by atoms with Crippen LogP contribution in [0, 0.1) is 11.8 Å². The highest BCUT2D eigenvalue weighted by molar-refractivity contribution is 4.58. The van der Waals surface area contributed by atoms with Crippen molar-refractivity contribution in [2.75, 3.05) is 6.61 Å². The quantitative estimate of drug-likeness (QED) is 0.0693. The number of hydrogen-bond acceptors (Lipinski definition) is 1. The van der Waals surface area contributed by atoms with Gasteiger partial charge in [0, 0.05) is 6.61 Å². The lowest BCUT2D eigenvalue weighted by atomic mass is 9.95. The summed E-state index contributed by atoms with van der Waals surface area (Å²) in [6.07, 6.45) is 51.8. The smallest absolute Gasteiger partial charge is 0.0431 e. The third kappa shape index (κ3) is 38.1. The molecule has 0 amide bonds. The Hall–Kier alpha value is -0.0400. The molecule has 0 aliphatic carbocycles. The van der Waals surface area contributed by atoms with Gasteiger partial charge in [-0.25, -0.2) is 0 Å². The first-order valence-electron chi connectivity index (χ1n) is 20.8. The van der Waals surface area contributed by atoms with Crippen LogP contribution in [0.4, 0.5) is 0 Å². The van der Waals surface area contributed by atoms with Crippen molar-refractivity contribution < 1.29 is 5.11 Å². The minimum atomic E-state index is 0.370. The highest BCUT2D eigenvalue weighted by Crippen LogP contribution is 2.21. The van der Waals surface area contributed by atoms with Gasteiger partial charge in [-0.3, -0.25) is 0 Å². The second-order valence-corrected chi connectivity index (χ2v) is 15.0. The summed E-state index contributed by atoms with van der Waals surface area (Å²) < 4.78 is 0. The number of hydrogen-bond donors (Lipinski definition) is 1. The van der Waals surface area contributed by atoms with Crippen LogP contribution >= 0.6 is 0 Å². The molecule has 1 N–H and O–H groups in total. The van der Waals surface area contributed by atoms with Crippen LogP contribution in [0.1, 0.15) is 252 Å². The van der Waals surface area contributed by atoms with Crippen LogP contribution in [0.15, 0.2) is 0 Å². The first-order valence-corrected chi connectivity index (χ1v) is 20.8. The summed E-state index contributed by atoms with van der Waals surface area (Å²) in [6, 6.07) is 0. The molecule has 0 aromatic rings. The van der Waals surface area contributed by atoms with Crippen molar-refractivity contribution in [2.24, 2.45) is 11.8 Å². The maximum absolute atomic E-state index is 8.85. The highest BCUT2D eigenvalue weighted by atomic mass is 16.2. The molecular weight excluding hydrogens is 520 g/mol. The number of rotatable bonds is 38. The van der Waals surface area contributed by atoms with Gasteiger partial charge in [0.25, 0.3) is 0 Å². The topological polar surface area (TPSA) is 20.2 Å². The number of aliphatic hydroxyl groups excluding tert-OH is 1. The zero-order valence-corrected chi connectivity index (χ0v) is 30.8. The summed E-state index contributed by atoms with van der Waals surface area (Å²) in [4.78, 5) is 0. The molecular formula is C42H86O. The maximum atomic E-state index is 8.85. The van der Waals surface area contributed by atoms with Crippen molar-refractivity contribution in [2.45, 2.75) is 252 Å². The first kappa shape index (κ1) is 43.0. The van der Waals surface area contributed by atoms with E-state index in [4.69, 9.17) is 5.11 Å². The zero-order chi connectivity index (χ0) is 31.3. The zero-order valence-electron chi connectivity index (χ0n) is 30.8. The van der Waals surface area contributed by atoms with Crippen LogP contribution in [-0.2, 0) is 0 Å². The average molecular weight is 607 g/mol. The minimum absolute atomic E-state index is 0.370. The monoisotopic (exact) mass is 607 g/mol. The molecule has 0 radical (unpaired) electrons. The van der Waals surface area contributed by atoms with Gasteiger partial charge >= 0.3 is 0 Å². The number of aliphatic hydroxyl groups is 1. The van der Waals surface area contributed by atoms with E-state index in [1.54, 1.807) is 0 Å². The Bertz CT molecular complexity index is 474. The van der Waals surface area contributed by atoms with E-state index < -0.39 is 0 Å². The fourth-order valence-corrected chi connectivity index (χ4v) is 7.04. The second-order valence-electron chi connectivity index (χ2n) is 15.0. The van der Waals surface area contributed by atoms with E-state index in [9.17, 15) is 0 Å². The standard InChI is InChI=1S/C42H86O/c1-4-5-6-7-8-9-10-11-12-13-14-15-17-20-23-26-31-36-41(2)37-32-27-24-21-18-16-19-22-25-28-33-38-42(3)39-34-29-30-35-40-43/h41-43H,4-40H2,1-3H3. The normalized spacial score (nSPS) is 13.1. The van der Waals surface area contributed by atoms with Gasteiger partial charge in [0.05, 0.1) is 0 Å². The summed E-state index contributed by atoms with van der Waals surface area (Å²) in [5.41, 5.74) is 0. The molecule has 260 valence electrons.